The highest BCUT2D eigenvalue weighted by molar-refractivity contribution is 4.87. The fourth-order valence-electron chi connectivity index (χ4n) is 4.39. The fourth-order valence-corrected chi connectivity index (χ4v) is 4.39. The van der Waals surface area contributed by atoms with E-state index in [4.69, 9.17) is 18.9 Å². The molecule has 0 amide bonds. The Morgan fingerprint density at radius 3 is 1.38 bits per heavy atom. The van der Waals surface area contributed by atoms with Gasteiger partial charge in [0.15, 0.2) is 11.6 Å². The number of hydrogen-bond donors (Lipinski definition) is 4. The van der Waals surface area contributed by atoms with Crippen molar-refractivity contribution < 1.29 is 29.2 Å². The van der Waals surface area contributed by atoms with Crippen LogP contribution in [0.15, 0.2) is 0 Å². The van der Waals surface area contributed by atoms with Crippen LogP contribution in [0.4, 0.5) is 0 Å². The van der Waals surface area contributed by atoms with Crippen molar-refractivity contribution in [2.24, 2.45) is 0 Å². The van der Waals surface area contributed by atoms with Crippen molar-refractivity contribution in [1.29, 1.82) is 0 Å². The maximum absolute atomic E-state index is 10.8. The Balaban J connectivity index is 1.71. The Bertz CT molecular complexity index is 519. The molecule has 0 radical (unpaired) electrons. The molecule has 188 valence electrons. The molecule has 0 aliphatic carbocycles. The smallest absolute Gasteiger partial charge is 0.162 e. The molecule has 10 heteroatoms. The van der Waals surface area contributed by atoms with E-state index in [-0.39, 0.29) is 25.3 Å². The summed E-state index contributed by atoms with van der Waals surface area (Å²) in [6.07, 6.45) is -1.25. The summed E-state index contributed by atoms with van der Waals surface area (Å²) in [4.78, 5) is 4.57. The van der Waals surface area contributed by atoms with Gasteiger partial charge in [-0.05, 0) is 27.7 Å². The van der Waals surface area contributed by atoms with Gasteiger partial charge in [-0.15, -0.1) is 0 Å². The van der Waals surface area contributed by atoms with Crippen LogP contribution in [0, 0.1) is 0 Å². The summed E-state index contributed by atoms with van der Waals surface area (Å²) >= 11 is 0. The second-order valence-electron chi connectivity index (χ2n) is 9.89. The maximum Gasteiger partial charge on any atom is 0.162 e. The van der Waals surface area contributed by atoms with Crippen LogP contribution in [0.2, 0.25) is 0 Å². The van der Waals surface area contributed by atoms with Crippen LogP contribution < -0.4 is 10.6 Å². The highest BCUT2D eigenvalue weighted by atomic mass is 16.7. The summed E-state index contributed by atoms with van der Waals surface area (Å²) in [5.41, 5.74) is 0. The molecule has 3 saturated heterocycles. The van der Waals surface area contributed by atoms with Crippen LogP contribution in [0.1, 0.15) is 27.7 Å². The van der Waals surface area contributed by atoms with E-state index in [1.165, 1.54) is 0 Å². The lowest BCUT2D eigenvalue weighted by molar-refractivity contribution is -0.205. The average Bonchev–Trinajstić information content (AvgIpc) is 2.95. The normalized spacial score (nSPS) is 36.9. The van der Waals surface area contributed by atoms with Crippen LogP contribution in [0.3, 0.4) is 0 Å². The number of aliphatic hydroxyl groups is 2. The first-order valence-corrected chi connectivity index (χ1v) is 12.0. The van der Waals surface area contributed by atoms with Gasteiger partial charge in [-0.3, -0.25) is 9.80 Å². The maximum atomic E-state index is 10.8. The third-order valence-corrected chi connectivity index (χ3v) is 6.54. The molecule has 4 N–H and O–H groups in total. The molecule has 3 rings (SSSR count). The Morgan fingerprint density at radius 2 is 0.969 bits per heavy atom. The average molecular weight is 461 g/mol. The van der Waals surface area contributed by atoms with E-state index in [2.05, 4.69) is 20.4 Å². The van der Waals surface area contributed by atoms with Gasteiger partial charge in [-0.2, -0.15) is 0 Å². The van der Waals surface area contributed by atoms with Gasteiger partial charge in [0.25, 0.3) is 0 Å². The van der Waals surface area contributed by atoms with E-state index in [0.29, 0.717) is 13.2 Å². The number of rotatable bonds is 2. The summed E-state index contributed by atoms with van der Waals surface area (Å²) < 4.78 is 23.4. The fraction of sp³-hybridized carbons (Fsp3) is 1.00. The molecule has 4 atom stereocenters. The van der Waals surface area contributed by atoms with Crippen LogP contribution in [0.25, 0.3) is 0 Å². The molecular weight excluding hydrogens is 416 g/mol. The first-order valence-electron chi connectivity index (χ1n) is 12.0. The van der Waals surface area contributed by atoms with Crippen LogP contribution in [0.5, 0.6) is 0 Å². The lowest BCUT2D eigenvalue weighted by Crippen LogP contribution is -2.55. The Kier molecular flexibility index (Phi) is 9.69. The minimum Gasteiger partial charge on any atom is -0.389 e. The molecule has 0 aromatic heterocycles. The molecule has 0 bridgehead atoms. The lowest BCUT2D eigenvalue weighted by Gasteiger charge is -2.38. The zero-order chi connectivity index (χ0) is 23.2. The Labute approximate surface area is 192 Å². The van der Waals surface area contributed by atoms with E-state index < -0.39 is 23.8 Å². The quantitative estimate of drug-likeness (QED) is 0.402. The van der Waals surface area contributed by atoms with Crippen molar-refractivity contribution in [2.45, 2.75) is 63.6 Å². The Hall–Kier alpha value is -0.400. The van der Waals surface area contributed by atoms with Gasteiger partial charge >= 0.3 is 0 Å². The second kappa shape index (κ2) is 11.8. The van der Waals surface area contributed by atoms with Gasteiger partial charge < -0.3 is 39.8 Å². The standard InChI is InChI=1S/C22H44N4O6/c1-21(2)29-13-17(19(27)15-31-21)25-9-7-23-5-6-24-8-10-26(12-11-25)18-14-30-22(3,4)32-16-20(18)28/h17-20,23-24,27-28H,5-16H2,1-4H3/t17-,18?,19-,20-/m1/s1. The van der Waals surface area contributed by atoms with Crippen molar-refractivity contribution in [2.75, 3.05) is 78.8 Å². The van der Waals surface area contributed by atoms with E-state index >= 15 is 0 Å². The van der Waals surface area contributed by atoms with Gasteiger partial charge in [0.05, 0.1) is 50.7 Å². The molecule has 0 aromatic carbocycles. The SMILES string of the molecule is CC1(C)OCC(N2CCNCCNCCN([C@@H]3COC(C)(C)OC[C@H]3O)CC2)[C@H](O)CO1. The zero-order valence-electron chi connectivity index (χ0n) is 20.2. The first-order chi connectivity index (χ1) is 15.2. The monoisotopic (exact) mass is 460 g/mol. The van der Waals surface area contributed by atoms with Crippen molar-refractivity contribution in [3.05, 3.63) is 0 Å². The summed E-state index contributed by atoms with van der Waals surface area (Å²) in [6, 6.07) is -0.307. The highest BCUT2D eigenvalue weighted by Gasteiger charge is 2.37. The van der Waals surface area contributed by atoms with Crippen molar-refractivity contribution >= 4 is 0 Å². The number of nitrogens with zero attached hydrogens (tertiary/aromatic N) is 2. The van der Waals surface area contributed by atoms with Gasteiger partial charge in [0.2, 0.25) is 0 Å². The zero-order valence-corrected chi connectivity index (χ0v) is 20.2. The van der Waals surface area contributed by atoms with Crippen LogP contribution >= 0.6 is 0 Å². The molecule has 1 unspecified atom stereocenters. The topological polar surface area (TPSA) is 108 Å². The largest absolute Gasteiger partial charge is 0.389 e. The molecular formula is C22H44N4O6. The predicted octanol–water partition coefficient (Wildman–Crippen LogP) is -1.19. The molecule has 0 saturated carbocycles. The first kappa shape index (κ1) is 26.2. The lowest BCUT2D eigenvalue weighted by atomic mass is 10.1. The van der Waals surface area contributed by atoms with Gasteiger partial charge in [0, 0.05) is 52.4 Å². The van der Waals surface area contributed by atoms with Gasteiger partial charge in [-0.25, -0.2) is 0 Å². The summed E-state index contributed by atoms with van der Waals surface area (Å²) in [5, 5.41) is 28.6. The second-order valence-corrected chi connectivity index (χ2v) is 9.89. The van der Waals surface area contributed by atoms with Crippen LogP contribution in [-0.4, -0.2) is 135 Å². The third-order valence-electron chi connectivity index (χ3n) is 6.54. The summed E-state index contributed by atoms with van der Waals surface area (Å²) in [5.74, 6) is -1.40. The van der Waals surface area contributed by atoms with Crippen LogP contribution in [-0.2, 0) is 18.9 Å². The van der Waals surface area contributed by atoms with Gasteiger partial charge in [0.1, 0.15) is 0 Å². The highest BCUT2D eigenvalue weighted by Crippen LogP contribution is 2.22. The number of nitrogens with one attached hydrogen (secondary N) is 2. The molecule has 3 heterocycles. The molecule has 0 aromatic rings. The number of hydrogen-bond acceptors (Lipinski definition) is 10. The minimum absolute atomic E-state index is 0.154. The molecule has 3 aliphatic rings. The molecule has 10 nitrogen and oxygen atoms in total. The van der Waals surface area contributed by atoms with Gasteiger partial charge in [-0.1, -0.05) is 0 Å². The summed E-state index contributed by atoms with van der Waals surface area (Å²) in [6.45, 7) is 15.3. The number of aliphatic hydroxyl groups excluding tert-OH is 2. The van der Waals surface area contributed by atoms with Crippen molar-refractivity contribution in [1.82, 2.24) is 20.4 Å². The molecule has 3 fully saturated rings. The third kappa shape index (κ3) is 7.83. The number of ether oxygens (including phenoxy) is 4. The van der Waals surface area contributed by atoms with Crippen molar-refractivity contribution in [3.63, 3.8) is 0 Å². The molecule has 3 aliphatic heterocycles. The molecule has 32 heavy (non-hydrogen) atoms. The predicted molar refractivity (Wildman–Crippen MR) is 120 cm³/mol. The van der Waals surface area contributed by atoms with Crippen molar-refractivity contribution in [3.8, 4) is 0 Å². The van der Waals surface area contributed by atoms with E-state index in [1.54, 1.807) is 0 Å². The Morgan fingerprint density at radius 1 is 0.594 bits per heavy atom. The van der Waals surface area contributed by atoms with E-state index in [0.717, 1.165) is 52.4 Å². The summed E-state index contributed by atoms with van der Waals surface area (Å²) in [7, 11) is 0. The molecule has 0 spiro atoms. The van der Waals surface area contributed by atoms with E-state index in [9.17, 15) is 10.2 Å². The van der Waals surface area contributed by atoms with E-state index in [1.807, 2.05) is 27.7 Å². The minimum atomic E-state index is -0.702.